The second kappa shape index (κ2) is 7.42. The fourth-order valence-electron chi connectivity index (χ4n) is 3.25. The molecule has 1 unspecified atom stereocenters. The van der Waals surface area contributed by atoms with Crippen molar-refractivity contribution in [2.24, 2.45) is 0 Å². The van der Waals surface area contributed by atoms with Gasteiger partial charge in [-0.3, -0.25) is 9.69 Å². The highest BCUT2D eigenvalue weighted by molar-refractivity contribution is 9.10. The number of carbonyl (C=O) groups excluding carboxylic acids is 1. The number of halogens is 1. The molecular weight excluding hydrogens is 342 g/mol. The van der Waals surface area contributed by atoms with E-state index in [2.05, 4.69) is 51.2 Å². The lowest BCUT2D eigenvalue weighted by molar-refractivity contribution is -0.139. The van der Waals surface area contributed by atoms with E-state index in [1.165, 1.54) is 22.9 Å². The zero-order chi connectivity index (χ0) is 15.4. The first-order valence-electron chi connectivity index (χ1n) is 8.04. The van der Waals surface area contributed by atoms with E-state index in [0.717, 1.165) is 26.1 Å². The summed E-state index contributed by atoms with van der Waals surface area (Å²) in [7, 11) is 0. The second-order valence-corrected chi connectivity index (χ2v) is 7.04. The molecule has 118 valence electrons. The highest BCUT2D eigenvalue weighted by Crippen LogP contribution is 2.29. The molecule has 0 aliphatic carbocycles. The summed E-state index contributed by atoms with van der Waals surface area (Å²) in [5, 5.41) is 0. The lowest BCUT2D eigenvalue weighted by atomic mass is 9.89. The molecule has 22 heavy (non-hydrogen) atoms. The fraction of sp³-hybridized carbons (Fsp3) is 0.500. The van der Waals surface area contributed by atoms with Crippen LogP contribution < -0.4 is 0 Å². The van der Waals surface area contributed by atoms with Crippen molar-refractivity contribution >= 4 is 21.9 Å². The van der Waals surface area contributed by atoms with Crippen LogP contribution in [0.3, 0.4) is 0 Å². The summed E-state index contributed by atoms with van der Waals surface area (Å²) >= 11 is 3.56. The molecule has 0 aromatic heterocycles. The van der Waals surface area contributed by atoms with E-state index in [1.54, 1.807) is 0 Å². The van der Waals surface area contributed by atoms with E-state index in [1.807, 2.05) is 6.08 Å². The number of nitrogens with zero attached hydrogens (tertiary/aromatic N) is 1. The van der Waals surface area contributed by atoms with Crippen LogP contribution in [0.25, 0.3) is 0 Å². The number of piperidine rings is 1. The molecule has 2 heterocycles. The minimum atomic E-state index is -0.0653. The van der Waals surface area contributed by atoms with E-state index in [9.17, 15) is 4.79 Å². The first-order valence-corrected chi connectivity index (χ1v) is 8.84. The number of likely N-dealkylation sites (tertiary alicyclic amines) is 1. The molecule has 0 spiro atoms. The van der Waals surface area contributed by atoms with Crippen LogP contribution in [0, 0.1) is 0 Å². The average Bonchev–Trinajstić information content (AvgIpc) is 2.93. The van der Waals surface area contributed by atoms with Crippen LogP contribution >= 0.6 is 15.9 Å². The zero-order valence-corrected chi connectivity index (χ0v) is 14.3. The van der Waals surface area contributed by atoms with Crippen LogP contribution in [0.1, 0.15) is 37.2 Å². The lowest BCUT2D eigenvalue weighted by Crippen LogP contribution is -2.33. The number of rotatable bonds is 4. The first-order chi connectivity index (χ1) is 10.7. The van der Waals surface area contributed by atoms with Gasteiger partial charge in [-0.25, -0.2) is 0 Å². The summed E-state index contributed by atoms with van der Waals surface area (Å²) in [6.45, 7) is 3.22. The minimum absolute atomic E-state index is 0.00621. The Bertz CT molecular complexity index is 550. The molecule has 1 aromatic carbocycles. The zero-order valence-electron chi connectivity index (χ0n) is 12.7. The van der Waals surface area contributed by atoms with Crippen LogP contribution in [0.5, 0.6) is 0 Å². The Hall–Kier alpha value is -1.13. The lowest BCUT2D eigenvalue weighted by Gasteiger charge is -2.31. The van der Waals surface area contributed by atoms with Gasteiger partial charge in [0.05, 0.1) is 0 Å². The summed E-state index contributed by atoms with van der Waals surface area (Å²) in [4.78, 5) is 13.5. The number of esters is 1. The summed E-state index contributed by atoms with van der Waals surface area (Å²) in [6.07, 6.45) is 8.03. The molecule has 2 aliphatic rings. The Morgan fingerprint density at radius 2 is 2.09 bits per heavy atom. The normalized spacial score (nSPS) is 24.0. The van der Waals surface area contributed by atoms with Crippen molar-refractivity contribution in [1.29, 1.82) is 0 Å². The highest BCUT2D eigenvalue weighted by Gasteiger charge is 2.22. The third kappa shape index (κ3) is 4.20. The Balaban J connectivity index is 1.44. The number of carbonyl (C=O) groups is 1. The monoisotopic (exact) mass is 363 g/mol. The van der Waals surface area contributed by atoms with Crippen molar-refractivity contribution < 1.29 is 9.53 Å². The molecule has 0 N–H and O–H groups in total. The number of ether oxygens (including phenoxy) is 1. The van der Waals surface area contributed by atoms with E-state index in [0.29, 0.717) is 12.3 Å². The van der Waals surface area contributed by atoms with Crippen LogP contribution in [0.15, 0.2) is 40.9 Å². The predicted octanol–water partition coefficient (Wildman–Crippen LogP) is 3.89. The standard InChI is InChI=1S/C18H22BrNO2/c19-16-4-1-3-15(13-16)14-8-11-20(12-9-14)10-2-5-17-6-7-18(21)22-17/h1-5,13-14,17H,6-12H2/b5-2+. The van der Waals surface area contributed by atoms with Crippen LogP contribution in [0.2, 0.25) is 0 Å². The van der Waals surface area contributed by atoms with Gasteiger partial charge in [0.25, 0.3) is 0 Å². The molecule has 0 bridgehead atoms. The van der Waals surface area contributed by atoms with Crippen LogP contribution in [-0.2, 0) is 9.53 Å². The van der Waals surface area contributed by atoms with Gasteiger partial charge in [-0.15, -0.1) is 0 Å². The average molecular weight is 364 g/mol. The van der Waals surface area contributed by atoms with Gasteiger partial charge in [0.2, 0.25) is 0 Å². The van der Waals surface area contributed by atoms with E-state index >= 15 is 0 Å². The van der Waals surface area contributed by atoms with Crippen LogP contribution in [-0.4, -0.2) is 36.6 Å². The van der Waals surface area contributed by atoms with E-state index < -0.39 is 0 Å². The summed E-state index contributed by atoms with van der Waals surface area (Å²) in [5.41, 5.74) is 1.45. The largest absolute Gasteiger partial charge is 0.458 e. The molecule has 3 nitrogen and oxygen atoms in total. The van der Waals surface area contributed by atoms with Gasteiger partial charge in [0.1, 0.15) is 6.10 Å². The minimum Gasteiger partial charge on any atom is -0.458 e. The Kier molecular flexibility index (Phi) is 5.32. The van der Waals surface area contributed by atoms with Gasteiger partial charge in [-0.05, 0) is 62.0 Å². The maximum atomic E-state index is 11.0. The third-order valence-corrected chi connectivity index (χ3v) is 5.03. The van der Waals surface area contributed by atoms with Crippen molar-refractivity contribution in [3.8, 4) is 0 Å². The number of cyclic esters (lactones) is 1. The maximum absolute atomic E-state index is 11.0. The van der Waals surface area contributed by atoms with Crippen molar-refractivity contribution in [3.05, 3.63) is 46.5 Å². The molecule has 0 saturated carbocycles. The topological polar surface area (TPSA) is 29.5 Å². The molecule has 2 saturated heterocycles. The van der Waals surface area contributed by atoms with Gasteiger partial charge in [-0.2, -0.15) is 0 Å². The smallest absolute Gasteiger partial charge is 0.306 e. The number of benzene rings is 1. The van der Waals surface area contributed by atoms with Gasteiger partial charge < -0.3 is 4.74 Å². The molecule has 0 amide bonds. The number of hydrogen-bond donors (Lipinski definition) is 0. The number of hydrogen-bond acceptors (Lipinski definition) is 3. The molecule has 3 rings (SSSR count). The van der Waals surface area contributed by atoms with Crippen molar-refractivity contribution in [1.82, 2.24) is 4.90 Å². The quantitative estimate of drug-likeness (QED) is 0.600. The van der Waals surface area contributed by atoms with Gasteiger partial charge in [-0.1, -0.05) is 34.1 Å². The molecule has 1 atom stereocenters. The molecule has 2 aliphatic heterocycles. The van der Waals surface area contributed by atoms with Gasteiger partial charge in [0.15, 0.2) is 0 Å². The molecule has 0 radical (unpaired) electrons. The van der Waals surface area contributed by atoms with Crippen molar-refractivity contribution in [2.75, 3.05) is 19.6 Å². The Morgan fingerprint density at radius 3 is 2.77 bits per heavy atom. The molecule has 2 fully saturated rings. The van der Waals surface area contributed by atoms with E-state index in [4.69, 9.17) is 4.74 Å². The predicted molar refractivity (Wildman–Crippen MR) is 90.8 cm³/mol. The van der Waals surface area contributed by atoms with Crippen molar-refractivity contribution in [2.45, 2.75) is 37.7 Å². The summed E-state index contributed by atoms with van der Waals surface area (Å²) in [5.74, 6) is 0.609. The molecular formula is C18H22BrNO2. The molecule has 4 heteroatoms. The molecule has 1 aromatic rings. The second-order valence-electron chi connectivity index (χ2n) is 6.13. The summed E-state index contributed by atoms with van der Waals surface area (Å²) < 4.78 is 6.36. The van der Waals surface area contributed by atoms with E-state index in [-0.39, 0.29) is 12.1 Å². The highest BCUT2D eigenvalue weighted by atomic mass is 79.9. The third-order valence-electron chi connectivity index (χ3n) is 4.54. The maximum Gasteiger partial charge on any atom is 0.306 e. The van der Waals surface area contributed by atoms with Gasteiger partial charge in [0, 0.05) is 17.4 Å². The first kappa shape index (κ1) is 15.8. The van der Waals surface area contributed by atoms with Crippen LogP contribution in [0.4, 0.5) is 0 Å². The van der Waals surface area contributed by atoms with Gasteiger partial charge >= 0.3 is 5.97 Å². The SMILES string of the molecule is O=C1CCC(/C=C/CN2CCC(c3cccc(Br)c3)CC2)O1. The van der Waals surface area contributed by atoms with Crippen molar-refractivity contribution in [3.63, 3.8) is 0 Å². The summed E-state index contributed by atoms with van der Waals surface area (Å²) in [6, 6.07) is 8.69. The Morgan fingerprint density at radius 1 is 1.27 bits per heavy atom. The Labute approximate surface area is 140 Å². The fourth-order valence-corrected chi connectivity index (χ4v) is 3.67.